The lowest BCUT2D eigenvalue weighted by atomic mass is 10.1. The number of hydrogen-bond acceptors (Lipinski definition) is 11. The number of ether oxygens (including phenoxy) is 1. The molecule has 4 heterocycles. The van der Waals surface area contributed by atoms with E-state index in [-0.39, 0.29) is 34.7 Å². The maximum absolute atomic E-state index is 13.6. The van der Waals surface area contributed by atoms with Gasteiger partial charge in [-0.1, -0.05) is 19.9 Å². The van der Waals surface area contributed by atoms with Gasteiger partial charge in [0.25, 0.3) is 5.56 Å². The molecule has 1 aliphatic rings. The number of nitrogens with zero attached hydrogens (tertiary/aromatic N) is 7. The van der Waals surface area contributed by atoms with E-state index in [1.807, 2.05) is 13.8 Å². The summed E-state index contributed by atoms with van der Waals surface area (Å²) in [5.74, 6) is 1.20. The van der Waals surface area contributed by atoms with Crippen molar-refractivity contribution in [2.24, 2.45) is 0 Å². The van der Waals surface area contributed by atoms with E-state index in [9.17, 15) is 13.2 Å². The van der Waals surface area contributed by atoms with Crippen LogP contribution in [0.3, 0.4) is 0 Å². The number of sulfone groups is 1. The fraction of sp³-hybridized carbons (Fsp3) is 0.423. The molecule has 1 aliphatic carbocycles. The summed E-state index contributed by atoms with van der Waals surface area (Å²) in [4.78, 5) is 40.3. The van der Waals surface area contributed by atoms with E-state index in [2.05, 4.69) is 30.2 Å². The van der Waals surface area contributed by atoms with E-state index < -0.39 is 9.84 Å². The van der Waals surface area contributed by atoms with Crippen LogP contribution < -0.4 is 15.6 Å². The lowest BCUT2D eigenvalue weighted by molar-refractivity contribution is 0.397. The zero-order chi connectivity index (χ0) is 27.7. The molecular weight excluding hydrogens is 520 g/mol. The summed E-state index contributed by atoms with van der Waals surface area (Å²) in [5.41, 5.74) is 2.72. The molecule has 1 fully saturated rings. The molecule has 204 valence electrons. The molecule has 4 aromatic heterocycles. The van der Waals surface area contributed by atoms with E-state index in [1.165, 1.54) is 18.6 Å². The van der Waals surface area contributed by atoms with Crippen LogP contribution >= 0.6 is 0 Å². The molecule has 39 heavy (non-hydrogen) atoms. The first-order valence-electron chi connectivity index (χ1n) is 12.9. The van der Waals surface area contributed by atoms with Gasteiger partial charge < -0.3 is 10.1 Å². The Morgan fingerprint density at radius 3 is 2.54 bits per heavy atom. The highest BCUT2D eigenvalue weighted by molar-refractivity contribution is 7.91. The van der Waals surface area contributed by atoms with Crippen molar-refractivity contribution in [3.8, 4) is 17.3 Å². The molecule has 1 saturated carbocycles. The molecule has 0 unspecified atom stereocenters. The highest BCUT2D eigenvalue weighted by Gasteiger charge is 2.31. The summed E-state index contributed by atoms with van der Waals surface area (Å²) in [5, 5.41) is 3.10. The van der Waals surface area contributed by atoms with Crippen molar-refractivity contribution < 1.29 is 13.2 Å². The topological polar surface area (TPSA) is 155 Å². The molecule has 12 nitrogen and oxygen atoms in total. The van der Waals surface area contributed by atoms with Gasteiger partial charge in [0.15, 0.2) is 32.2 Å². The van der Waals surface area contributed by atoms with Crippen LogP contribution in [-0.4, -0.2) is 55.8 Å². The Hall–Kier alpha value is -4.00. The Labute approximate surface area is 225 Å². The summed E-state index contributed by atoms with van der Waals surface area (Å²) in [6.07, 6.45) is 7.31. The van der Waals surface area contributed by atoms with E-state index >= 15 is 0 Å². The van der Waals surface area contributed by atoms with Gasteiger partial charge in [-0.05, 0) is 37.8 Å². The molecule has 4 aromatic rings. The lowest BCUT2D eigenvalue weighted by Gasteiger charge is -2.18. The maximum atomic E-state index is 13.6. The standard InChI is InChI=1S/C26H30N8O4S/c1-5-15(3)34-24-18(13-29-22(33-24)20-21(17-8-9-17)30-14-31-25(20)38-4)32-23(26(34)35)28-12-16-7-10-19(27-11-16)39(36,37)6-2/h7,10-11,13-15,17H,5-6,8-9,12H2,1-4H3,(H,28,32)/t15-/m1/s1. The first-order chi connectivity index (χ1) is 18.8. The van der Waals surface area contributed by atoms with Crippen LogP contribution in [0.25, 0.3) is 22.6 Å². The zero-order valence-corrected chi connectivity index (χ0v) is 23.1. The molecule has 1 N–H and O–H groups in total. The fourth-order valence-corrected chi connectivity index (χ4v) is 5.06. The second kappa shape index (κ2) is 10.6. The van der Waals surface area contributed by atoms with Gasteiger partial charge in [0, 0.05) is 24.7 Å². The zero-order valence-electron chi connectivity index (χ0n) is 22.2. The molecule has 0 bridgehead atoms. The predicted octanol–water partition coefficient (Wildman–Crippen LogP) is 3.30. The molecule has 1 atom stereocenters. The van der Waals surface area contributed by atoms with Gasteiger partial charge in [0.05, 0.1) is 24.8 Å². The highest BCUT2D eigenvalue weighted by atomic mass is 32.2. The van der Waals surface area contributed by atoms with Gasteiger partial charge >= 0.3 is 0 Å². The molecule has 13 heteroatoms. The average molecular weight is 551 g/mol. The maximum Gasteiger partial charge on any atom is 0.295 e. The van der Waals surface area contributed by atoms with E-state index in [0.717, 1.165) is 18.5 Å². The van der Waals surface area contributed by atoms with Crippen molar-refractivity contribution in [1.29, 1.82) is 0 Å². The Morgan fingerprint density at radius 1 is 1.10 bits per heavy atom. The minimum absolute atomic E-state index is 0.0231. The molecule has 0 radical (unpaired) electrons. The second-order valence-electron chi connectivity index (χ2n) is 9.47. The van der Waals surface area contributed by atoms with Gasteiger partial charge in [-0.25, -0.2) is 38.3 Å². The van der Waals surface area contributed by atoms with Crippen molar-refractivity contribution in [2.45, 2.75) is 63.6 Å². The van der Waals surface area contributed by atoms with Crippen LogP contribution in [0.2, 0.25) is 0 Å². The monoisotopic (exact) mass is 550 g/mol. The minimum Gasteiger partial charge on any atom is -0.480 e. The highest BCUT2D eigenvalue weighted by Crippen LogP contribution is 2.44. The van der Waals surface area contributed by atoms with Crippen LogP contribution in [0.15, 0.2) is 40.7 Å². The Morgan fingerprint density at radius 2 is 1.90 bits per heavy atom. The number of pyridine rings is 1. The first-order valence-corrected chi connectivity index (χ1v) is 14.5. The fourth-order valence-electron chi connectivity index (χ4n) is 4.27. The predicted molar refractivity (Wildman–Crippen MR) is 145 cm³/mol. The third-order valence-electron chi connectivity index (χ3n) is 6.84. The molecule has 0 spiro atoms. The van der Waals surface area contributed by atoms with E-state index in [0.29, 0.717) is 46.3 Å². The summed E-state index contributed by atoms with van der Waals surface area (Å²) >= 11 is 0. The van der Waals surface area contributed by atoms with E-state index in [1.54, 1.807) is 30.9 Å². The first kappa shape index (κ1) is 26.6. The lowest BCUT2D eigenvalue weighted by Crippen LogP contribution is -2.28. The second-order valence-corrected chi connectivity index (χ2v) is 11.7. The largest absolute Gasteiger partial charge is 0.480 e. The van der Waals surface area contributed by atoms with Crippen molar-refractivity contribution in [1.82, 2.24) is 34.5 Å². The Balaban J connectivity index is 1.54. The van der Waals surface area contributed by atoms with Gasteiger partial charge in [0.2, 0.25) is 5.88 Å². The summed E-state index contributed by atoms with van der Waals surface area (Å²) in [6.45, 7) is 5.75. The minimum atomic E-state index is -3.39. The molecular formula is C26H30N8O4S. The van der Waals surface area contributed by atoms with Crippen LogP contribution in [0.1, 0.15) is 63.3 Å². The summed E-state index contributed by atoms with van der Waals surface area (Å²) < 4.78 is 31.2. The average Bonchev–Trinajstić information content (AvgIpc) is 3.81. The van der Waals surface area contributed by atoms with Crippen LogP contribution in [0, 0.1) is 0 Å². The SMILES string of the molecule is CC[C@@H](C)n1c(=O)c(NCc2ccc(S(=O)(=O)CC)nc2)nc2cnc(-c3c(OC)ncnc3C3CC3)nc21. The quantitative estimate of drug-likeness (QED) is 0.309. The van der Waals surface area contributed by atoms with Crippen LogP contribution in [0.4, 0.5) is 5.82 Å². The van der Waals surface area contributed by atoms with Gasteiger partial charge in [0.1, 0.15) is 17.4 Å². The number of anilines is 1. The van der Waals surface area contributed by atoms with Crippen LogP contribution in [0.5, 0.6) is 5.88 Å². The van der Waals surface area contributed by atoms with E-state index in [4.69, 9.17) is 9.72 Å². The van der Waals surface area contributed by atoms with Crippen LogP contribution in [-0.2, 0) is 16.4 Å². The van der Waals surface area contributed by atoms with Crippen molar-refractivity contribution in [3.63, 3.8) is 0 Å². The molecule has 0 amide bonds. The summed E-state index contributed by atoms with van der Waals surface area (Å²) in [6, 6.07) is 2.97. The Kier molecular flexibility index (Phi) is 7.25. The van der Waals surface area contributed by atoms with Gasteiger partial charge in [-0.3, -0.25) is 9.36 Å². The van der Waals surface area contributed by atoms with Gasteiger partial charge in [-0.2, -0.15) is 0 Å². The molecule has 5 rings (SSSR count). The molecule has 0 saturated heterocycles. The van der Waals surface area contributed by atoms with Gasteiger partial charge in [-0.15, -0.1) is 0 Å². The summed E-state index contributed by atoms with van der Waals surface area (Å²) in [7, 11) is -1.84. The number of aromatic nitrogens is 7. The van der Waals surface area contributed by atoms with Crippen molar-refractivity contribution in [2.75, 3.05) is 18.2 Å². The molecule has 0 aromatic carbocycles. The smallest absolute Gasteiger partial charge is 0.295 e. The number of rotatable bonds is 10. The number of methoxy groups -OCH3 is 1. The third-order valence-corrected chi connectivity index (χ3v) is 8.48. The number of fused-ring (bicyclic) bond motifs is 1. The normalized spacial score (nSPS) is 14.4. The Bertz CT molecular complexity index is 1690. The number of hydrogen-bond donors (Lipinski definition) is 1. The third kappa shape index (κ3) is 5.18. The van der Waals surface area contributed by atoms with Crippen molar-refractivity contribution in [3.05, 3.63) is 52.5 Å². The van der Waals surface area contributed by atoms with Crippen molar-refractivity contribution >= 4 is 26.8 Å². The number of nitrogens with one attached hydrogen (secondary N) is 1. The molecule has 0 aliphatic heterocycles.